The van der Waals surface area contributed by atoms with Crippen LogP contribution in [0, 0.1) is 5.82 Å². The van der Waals surface area contributed by atoms with Crippen LogP contribution in [0.25, 0.3) is 11.1 Å². The Labute approximate surface area is 134 Å². The molecule has 3 aromatic rings. The first-order chi connectivity index (χ1) is 11.3. The number of rotatable bonds is 5. The molecule has 1 N–H and O–H groups in total. The fourth-order valence-corrected chi connectivity index (χ4v) is 2.28. The third-order valence-corrected chi connectivity index (χ3v) is 3.41. The second kappa shape index (κ2) is 6.92. The number of pyridine rings is 1. The van der Waals surface area contributed by atoms with E-state index in [1.54, 1.807) is 24.5 Å². The molecule has 0 aliphatic rings. The summed E-state index contributed by atoms with van der Waals surface area (Å²) in [5.74, 6) is 0.419. The number of halogens is 1. The summed E-state index contributed by atoms with van der Waals surface area (Å²) in [6.45, 7) is 2.71. The Morgan fingerprint density at radius 1 is 0.957 bits per heavy atom. The highest BCUT2D eigenvalue weighted by Gasteiger charge is 2.06. The molecule has 0 bridgehead atoms. The molecule has 0 saturated carbocycles. The van der Waals surface area contributed by atoms with Crippen molar-refractivity contribution >= 4 is 5.69 Å². The van der Waals surface area contributed by atoms with Crippen molar-refractivity contribution in [2.24, 2.45) is 0 Å². The number of ether oxygens (including phenoxy) is 1. The first-order valence-corrected chi connectivity index (χ1v) is 7.48. The topological polar surface area (TPSA) is 34.1 Å². The number of nitrogens with one attached hydrogen (secondary N) is 1. The fraction of sp³-hybridized carbons (Fsp3) is 0.105. The standard InChI is InChI=1S/C19H17FN2O/c1-2-22-16-5-8-19(18(20)13-16)23-17-6-3-14(4-7-17)15-9-11-21-12-10-15/h3-13,22H,2H2,1H3. The molecule has 0 fully saturated rings. The minimum absolute atomic E-state index is 0.211. The van der Waals surface area contributed by atoms with Gasteiger partial charge in [0.1, 0.15) is 5.75 Å². The van der Waals surface area contributed by atoms with Crippen LogP contribution in [-0.2, 0) is 0 Å². The molecule has 4 heteroatoms. The zero-order valence-corrected chi connectivity index (χ0v) is 12.8. The zero-order valence-electron chi connectivity index (χ0n) is 12.8. The molecule has 2 aromatic carbocycles. The maximum Gasteiger partial charge on any atom is 0.167 e. The molecule has 23 heavy (non-hydrogen) atoms. The first-order valence-electron chi connectivity index (χ1n) is 7.48. The molecular weight excluding hydrogens is 291 g/mol. The summed E-state index contributed by atoms with van der Waals surface area (Å²) in [6.07, 6.45) is 3.50. The minimum atomic E-state index is -0.387. The van der Waals surface area contributed by atoms with Crippen molar-refractivity contribution in [3.05, 3.63) is 72.8 Å². The van der Waals surface area contributed by atoms with Crippen molar-refractivity contribution < 1.29 is 9.13 Å². The van der Waals surface area contributed by atoms with Gasteiger partial charge in [-0.25, -0.2) is 4.39 Å². The second-order valence-corrected chi connectivity index (χ2v) is 5.04. The summed E-state index contributed by atoms with van der Waals surface area (Å²) < 4.78 is 19.6. The minimum Gasteiger partial charge on any atom is -0.454 e. The van der Waals surface area contributed by atoms with Crippen LogP contribution in [-0.4, -0.2) is 11.5 Å². The molecule has 0 radical (unpaired) electrons. The molecule has 0 atom stereocenters. The Morgan fingerprint density at radius 3 is 2.30 bits per heavy atom. The first kappa shape index (κ1) is 15.0. The largest absolute Gasteiger partial charge is 0.454 e. The molecule has 0 aliphatic carbocycles. The van der Waals surface area contributed by atoms with Crippen molar-refractivity contribution in [3.63, 3.8) is 0 Å². The fourth-order valence-electron chi connectivity index (χ4n) is 2.28. The summed E-state index contributed by atoms with van der Waals surface area (Å²) in [7, 11) is 0. The predicted molar refractivity (Wildman–Crippen MR) is 90.3 cm³/mol. The zero-order chi connectivity index (χ0) is 16.1. The maximum atomic E-state index is 14.0. The molecular formula is C19H17FN2O. The third-order valence-electron chi connectivity index (χ3n) is 3.41. The van der Waals surface area contributed by atoms with Gasteiger partial charge in [0.05, 0.1) is 0 Å². The lowest BCUT2D eigenvalue weighted by Gasteiger charge is -2.10. The Balaban J connectivity index is 1.76. The van der Waals surface area contributed by atoms with Gasteiger partial charge < -0.3 is 10.1 Å². The van der Waals surface area contributed by atoms with Gasteiger partial charge in [0.25, 0.3) is 0 Å². The lowest BCUT2D eigenvalue weighted by Crippen LogP contribution is -1.97. The van der Waals surface area contributed by atoms with E-state index >= 15 is 0 Å². The van der Waals surface area contributed by atoms with Crippen LogP contribution in [0.4, 0.5) is 10.1 Å². The number of hydrogen-bond acceptors (Lipinski definition) is 3. The lowest BCUT2D eigenvalue weighted by molar-refractivity contribution is 0.442. The van der Waals surface area contributed by atoms with E-state index in [1.807, 2.05) is 43.3 Å². The quantitative estimate of drug-likeness (QED) is 0.711. The van der Waals surface area contributed by atoms with Crippen LogP contribution in [0.15, 0.2) is 67.0 Å². The molecule has 0 amide bonds. The van der Waals surface area contributed by atoms with Crippen molar-refractivity contribution in [3.8, 4) is 22.6 Å². The molecule has 0 aliphatic heterocycles. The van der Waals surface area contributed by atoms with E-state index in [0.29, 0.717) is 5.75 Å². The van der Waals surface area contributed by atoms with E-state index < -0.39 is 0 Å². The summed E-state index contributed by atoms with van der Waals surface area (Å²) >= 11 is 0. The van der Waals surface area contributed by atoms with E-state index in [4.69, 9.17) is 4.74 Å². The Hall–Kier alpha value is -2.88. The van der Waals surface area contributed by atoms with Crippen LogP contribution < -0.4 is 10.1 Å². The molecule has 3 nitrogen and oxygen atoms in total. The van der Waals surface area contributed by atoms with Crippen molar-refractivity contribution in [1.29, 1.82) is 0 Å². The van der Waals surface area contributed by atoms with Gasteiger partial charge in [0, 0.05) is 30.7 Å². The van der Waals surface area contributed by atoms with Gasteiger partial charge in [-0.05, 0) is 54.4 Å². The highest BCUT2D eigenvalue weighted by molar-refractivity contribution is 5.63. The monoisotopic (exact) mass is 308 g/mol. The smallest absolute Gasteiger partial charge is 0.167 e. The normalized spacial score (nSPS) is 10.3. The van der Waals surface area contributed by atoms with Crippen LogP contribution in [0.2, 0.25) is 0 Å². The predicted octanol–water partition coefficient (Wildman–Crippen LogP) is 5.11. The van der Waals surface area contributed by atoms with E-state index in [2.05, 4.69) is 10.3 Å². The number of anilines is 1. The van der Waals surface area contributed by atoms with Crippen molar-refractivity contribution in [2.75, 3.05) is 11.9 Å². The average Bonchev–Trinajstić information content (AvgIpc) is 2.59. The number of nitrogens with zero attached hydrogens (tertiary/aromatic N) is 1. The SMILES string of the molecule is CCNc1ccc(Oc2ccc(-c3ccncc3)cc2)c(F)c1. The Kier molecular flexibility index (Phi) is 4.52. The van der Waals surface area contributed by atoms with Gasteiger partial charge in [0.2, 0.25) is 0 Å². The van der Waals surface area contributed by atoms with E-state index in [0.717, 1.165) is 23.4 Å². The van der Waals surface area contributed by atoms with Crippen LogP contribution >= 0.6 is 0 Å². The third kappa shape index (κ3) is 3.66. The molecule has 0 unspecified atom stereocenters. The van der Waals surface area contributed by atoms with E-state index in [9.17, 15) is 4.39 Å². The van der Waals surface area contributed by atoms with E-state index in [1.165, 1.54) is 6.07 Å². The van der Waals surface area contributed by atoms with Crippen molar-refractivity contribution in [1.82, 2.24) is 4.98 Å². The molecule has 116 valence electrons. The van der Waals surface area contributed by atoms with Gasteiger partial charge in [0.15, 0.2) is 11.6 Å². The van der Waals surface area contributed by atoms with Gasteiger partial charge >= 0.3 is 0 Å². The summed E-state index contributed by atoms with van der Waals surface area (Å²) in [4.78, 5) is 4.00. The molecule has 0 saturated heterocycles. The van der Waals surface area contributed by atoms with Crippen molar-refractivity contribution in [2.45, 2.75) is 6.92 Å². The highest BCUT2D eigenvalue weighted by atomic mass is 19.1. The number of benzene rings is 2. The highest BCUT2D eigenvalue weighted by Crippen LogP contribution is 2.28. The summed E-state index contributed by atoms with van der Waals surface area (Å²) in [5, 5.41) is 3.06. The second-order valence-electron chi connectivity index (χ2n) is 5.04. The van der Waals surface area contributed by atoms with Gasteiger partial charge in [-0.3, -0.25) is 4.98 Å². The number of hydrogen-bond donors (Lipinski definition) is 1. The number of aromatic nitrogens is 1. The molecule has 1 aromatic heterocycles. The van der Waals surface area contributed by atoms with Gasteiger partial charge in [-0.2, -0.15) is 0 Å². The maximum absolute atomic E-state index is 14.0. The van der Waals surface area contributed by atoms with Crippen LogP contribution in [0.1, 0.15) is 6.92 Å². The summed E-state index contributed by atoms with van der Waals surface area (Å²) in [5.41, 5.74) is 2.88. The molecule has 0 spiro atoms. The van der Waals surface area contributed by atoms with E-state index in [-0.39, 0.29) is 11.6 Å². The summed E-state index contributed by atoms with van der Waals surface area (Å²) in [6, 6.07) is 16.3. The van der Waals surface area contributed by atoms with Crippen LogP contribution in [0.3, 0.4) is 0 Å². The molecule has 3 rings (SSSR count). The van der Waals surface area contributed by atoms with Gasteiger partial charge in [-0.1, -0.05) is 12.1 Å². The Bertz CT molecular complexity index is 773. The lowest BCUT2D eigenvalue weighted by atomic mass is 10.1. The molecule has 1 heterocycles. The Morgan fingerprint density at radius 2 is 1.65 bits per heavy atom. The average molecular weight is 308 g/mol. The van der Waals surface area contributed by atoms with Gasteiger partial charge in [-0.15, -0.1) is 0 Å². The van der Waals surface area contributed by atoms with Crippen LogP contribution in [0.5, 0.6) is 11.5 Å².